The van der Waals surface area contributed by atoms with Crippen molar-refractivity contribution in [1.29, 1.82) is 0 Å². The summed E-state index contributed by atoms with van der Waals surface area (Å²) in [6, 6.07) is 14.3. The predicted octanol–water partition coefficient (Wildman–Crippen LogP) is 1.39. The molecule has 1 aliphatic heterocycles. The topological polar surface area (TPSA) is 38.0 Å². The molecule has 3 N–H and O–H groups in total. The summed E-state index contributed by atoms with van der Waals surface area (Å²) >= 11 is 6.30. The number of aryl methyl sites for hydroxylation is 2. The van der Waals surface area contributed by atoms with Crippen LogP contribution in [0.15, 0.2) is 48.5 Å². The maximum atomic E-state index is 12.5. The van der Waals surface area contributed by atoms with Crippen LogP contribution in [-0.2, 0) is 4.79 Å². The van der Waals surface area contributed by atoms with E-state index in [1.807, 2.05) is 32.0 Å². The van der Waals surface area contributed by atoms with Gasteiger partial charge in [0.05, 0.1) is 17.3 Å². The number of carbonyl (C=O) groups excluding carboxylic acids is 1. The lowest BCUT2D eigenvalue weighted by molar-refractivity contribution is -1.01. The van der Waals surface area contributed by atoms with Crippen molar-refractivity contribution >= 4 is 29.3 Å². The molecule has 1 aliphatic rings. The highest BCUT2D eigenvalue weighted by molar-refractivity contribution is 6.34. The second-order valence-electron chi connectivity index (χ2n) is 7.68. The van der Waals surface area contributed by atoms with Crippen LogP contribution < -0.4 is 15.1 Å². The fourth-order valence-electron chi connectivity index (χ4n) is 3.75. The summed E-state index contributed by atoms with van der Waals surface area (Å²) in [5.74, 6) is 0.0382. The molecule has 28 heavy (non-hydrogen) atoms. The highest BCUT2D eigenvalue weighted by Gasteiger charge is 2.24. The number of amides is 1. The van der Waals surface area contributed by atoms with Gasteiger partial charge in [-0.15, -0.1) is 0 Å². The van der Waals surface area contributed by atoms with E-state index in [1.165, 1.54) is 10.5 Å². The van der Waals surface area contributed by atoms with E-state index in [0.717, 1.165) is 49.5 Å². The molecule has 3 rings (SSSR count). The van der Waals surface area contributed by atoms with Gasteiger partial charge in [-0.1, -0.05) is 54.1 Å². The first kappa shape index (κ1) is 20.6. The van der Waals surface area contributed by atoms with Crippen molar-refractivity contribution in [2.75, 3.05) is 44.6 Å². The first-order valence-corrected chi connectivity index (χ1v) is 10.3. The molecule has 1 amide bonds. The van der Waals surface area contributed by atoms with Crippen molar-refractivity contribution < 1.29 is 14.6 Å². The largest absolute Gasteiger partial charge is 0.322 e. The molecule has 1 fully saturated rings. The summed E-state index contributed by atoms with van der Waals surface area (Å²) < 4.78 is 0. The molecule has 148 valence electrons. The number of hydrogen-bond donors (Lipinski definition) is 3. The number of piperazine rings is 1. The number of nitrogens with one attached hydrogen (secondary N) is 3. The van der Waals surface area contributed by atoms with Gasteiger partial charge in [0, 0.05) is 0 Å². The Morgan fingerprint density at radius 1 is 1.07 bits per heavy atom. The Hall–Kier alpha value is -2.14. The van der Waals surface area contributed by atoms with Crippen LogP contribution in [0.1, 0.15) is 16.7 Å². The molecule has 0 radical (unpaired) electrons. The molecule has 2 aromatic rings. The maximum absolute atomic E-state index is 12.5. The quantitative estimate of drug-likeness (QED) is 0.674. The monoisotopic (exact) mass is 399 g/mol. The zero-order valence-corrected chi connectivity index (χ0v) is 17.5. The third-order valence-corrected chi connectivity index (χ3v) is 5.59. The minimum Gasteiger partial charge on any atom is -0.322 e. The van der Waals surface area contributed by atoms with Gasteiger partial charge in [0.1, 0.15) is 26.2 Å². The van der Waals surface area contributed by atoms with Gasteiger partial charge in [-0.2, -0.15) is 0 Å². The van der Waals surface area contributed by atoms with Crippen molar-refractivity contribution in [3.05, 3.63) is 70.3 Å². The number of halogens is 1. The Morgan fingerprint density at radius 3 is 2.43 bits per heavy atom. The van der Waals surface area contributed by atoms with Crippen molar-refractivity contribution in [3.63, 3.8) is 0 Å². The van der Waals surface area contributed by atoms with E-state index in [4.69, 9.17) is 11.6 Å². The van der Waals surface area contributed by atoms with Crippen molar-refractivity contribution in [1.82, 2.24) is 0 Å². The molecule has 2 aromatic carbocycles. The zero-order valence-electron chi connectivity index (χ0n) is 16.7. The molecule has 5 heteroatoms. The van der Waals surface area contributed by atoms with Crippen LogP contribution in [0.2, 0.25) is 5.02 Å². The van der Waals surface area contributed by atoms with Crippen LogP contribution in [0.3, 0.4) is 0 Å². The molecule has 1 saturated heterocycles. The summed E-state index contributed by atoms with van der Waals surface area (Å²) in [5, 5.41) is 3.62. The number of hydrogen-bond acceptors (Lipinski definition) is 1. The summed E-state index contributed by atoms with van der Waals surface area (Å²) in [4.78, 5) is 15.4. The fourth-order valence-corrected chi connectivity index (χ4v) is 4.12. The Labute approximate surface area is 172 Å². The minimum absolute atomic E-state index is 0.0382. The van der Waals surface area contributed by atoms with Crippen LogP contribution >= 0.6 is 11.6 Å². The van der Waals surface area contributed by atoms with E-state index < -0.39 is 0 Å². The lowest BCUT2D eigenvalue weighted by Gasteiger charge is -2.28. The molecule has 0 aromatic heterocycles. The van der Waals surface area contributed by atoms with Gasteiger partial charge in [0.2, 0.25) is 0 Å². The highest BCUT2D eigenvalue weighted by atomic mass is 35.5. The van der Waals surface area contributed by atoms with Crippen molar-refractivity contribution in [2.24, 2.45) is 0 Å². The average molecular weight is 400 g/mol. The molecule has 0 unspecified atom stereocenters. The molecular weight excluding hydrogens is 370 g/mol. The standard InChI is InChI=1S/C23H28ClN3O/c1-18-15-19(2)23(21(24)16-18)25-22(28)17-27-13-11-26(12-14-27)10-6-9-20-7-4-3-5-8-20/h3-9,15-16H,10-14,17H2,1-2H3,(H,25,28)/p+2/b9-6+. The second-order valence-corrected chi connectivity index (χ2v) is 8.09. The molecule has 1 heterocycles. The van der Waals surface area contributed by atoms with Crippen molar-refractivity contribution in [2.45, 2.75) is 13.8 Å². The maximum Gasteiger partial charge on any atom is 0.279 e. The van der Waals surface area contributed by atoms with Gasteiger partial charge in [-0.05, 0) is 42.7 Å². The zero-order chi connectivity index (χ0) is 19.9. The van der Waals surface area contributed by atoms with Gasteiger partial charge >= 0.3 is 0 Å². The lowest BCUT2D eigenvalue weighted by atomic mass is 10.1. The van der Waals surface area contributed by atoms with Gasteiger partial charge in [0.15, 0.2) is 6.54 Å². The first-order chi connectivity index (χ1) is 13.5. The number of benzene rings is 2. The first-order valence-electron chi connectivity index (χ1n) is 9.96. The lowest BCUT2D eigenvalue weighted by Crippen LogP contribution is -3.28. The molecule has 0 aliphatic carbocycles. The third kappa shape index (κ3) is 5.93. The van der Waals surface area contributed by atoms with Crippen LogP contribution in [0.5, 0.6) is 0 Å². The molecule has 0 spiro atoms. The van der Waals surface area contributed by atoms with E-state index in [9.17, 15) is 4.79 Å². The van der Waals surface area contributed by atoms with E-state index in [0.29, 0.717) is 11.6 Å². The van der Waals surface area contributed by atoms with Gasteiger partial charge in [-0.3, -0.25) is 4.79 Å². The summed E-state index contributed by atoms with van der Waals surface area (Å²) in [5.41, 5.74) is 4.10. The molecule has 4 nitrogen and oxygen atoms in total. The summed E-state index contributed by atoms with van der Waals surface area (Å²) in [6.07, 6.45) is 4.44. The second kappa shape index (κ2) is 9.87. The van der Waals surface area contributed by atoms with Crippen molar-refractivity contribution in [3.8, 4) is 0 Å². The predicted molar refractivity (Wildman–Crippen MR) is 116 cm³/mol. The third-order valence-electron chi connectivity index (χ3n) is 5.29. The van der Waals surface area contributed by atoms with Crippen LogP contribution in [-0.4, -0.2) is 45.2 Å². The smallest absolute Gasteiger partial charge is 0.279 e. The average Bonchev–Trinajstić information content (AvgIpc) is 2.67. The van der Waals surface area contributed by atoms with Crippen LogP contribution in [0.4, 0.5) is 5.69 Å². The van der Waals surface area contributed by atoms with Gasteiger partial charge in [0.25, 0.3) is 5.91 Å². The van der Waals surface area contributed by atoms with E-state index in [1.54, 1.807) is 4.90 Å². The fraction of sp³-hybridized carbons (Fsp3) is 0.348. The molecule has 0 saturated carbocycles. The number of carbonyl (C=O) groups is 1. The van der Waals surface area contributed by atoms with E-state index in [-0.39, 0.29) is 5.91 Å². The van der Waals surface area contributed by atoms with E-state index >= 15 is 0 Å². The minimum atomic E-state index is 0.0382. The van der Waals surface area contributed by atoms with Gasteiger partial charge in [-0.25, -0.2) is 0 Å². The van der Waals surface area contributed by atoms with Gasteiger partial charge < -0.3 is 15.1 Å². The molecule has 0 bridgehead atoms. The SMILES string of the molecule is Cc1cc(C)c(NC(=O)C[NH+]2CC[NH+](C/C=C/c3ccccc3)CC2)c(Cl)c1. The Morgan fingerprint density at radius 2 is 1.75 bits per heavy atom. The Kier molecular flexibility index (Phi) is 7.26. The highest BCUT2D eigenvalue weighted by Crippen LogP contribution is 2.27. The summed E-state index contributed by atoms with van der Waals surface area (Å²) in [6.45, 7) is 9.73. The summed E-state index contributed by atoms with van der Waals surface area (Å²) in [7, 11) is 0. The number of rotatable bonds is 6. The Balaban J connectivity index is 1.43. The van der Waals surface area contributed by atoms with E-state index in [2.05, 4.69) is 41.7 Å². The normalized spacial score (nSPS) is 19.7. The molecular formula is C23H30ClN3O+2. The molecule has 0 atom stereocenters. The Bertz CT molecular complexity index is 804. The van der Waals surface area contributed by atoms with Crippen LogP contribution in [0.25, 0.3) is 6.08 Å². The number of quaternary nitrogens is 2. The number of anilines is 1. The van der Waals surface area contributed by atoms with Crippen LogP contribution in [0, 0.1) is 13.8 Å².